The van der Waals surface area contributed by atoms with Gasteiger partial charge in [0.25, 0.3) is 0 Å². The molecule has 2 unspecified atom stereocenters. The molecule has 0 spiro atoms. The van der Waals surface area contributed by atoms with Crippen LogP contribution in [0.25, 0.3) is 0 Å². The molecule has 0 aromatic carbocycles. The lowest BCUT2D eigenvalue weighted by Gasteiger charge is -2.15. The molecule has 0 aromatic heterocycles. The maximum atomic E-state index is 5.50. The van der Waals surface area contributed by atoms with Gasteiger partial charge in [-0.25, -0.2) is 0 Å². The number of hydrogen-bond acceptors (Lipinski definition) is 2. The van der Waals surface area contributed by atoms with Gasteiger partial charge in [0, 0.05) is 0 Å². The van der Waals surface area contributed by atoms with Gasteiger partial charge in [0.15, 0.2) is 0 Å². The molecule has 2 heteroatoms. The number of hydrogen-bond donors (Lipinski definition) is 0. The monoisotopic (exact) mass is 240 g/mol. The second-order valence-electron chi connectivity index (χ2n) is 4.90. The van der Waals surface area contributed by atoms with E-state index in [9.17, 15) is 0 Å². The van der Waals surface area contributed by atoms with E-state index >= 15 is 0 Å². The molecule has 0 saturated heterocycles. The topological polar surface area (TPSA) is 18.5 Å². The molecule has 0 aliphatic rings. The Morgan fingerprint density at radius 3 is 1.47 bits per heavy atom. The molecule has 0 N–H and O–H groups in total. The molecule has 2 atom stereocenters. The van der Waals surface area contributed by atoms with Crippen LogP contribution in [0.1, 0.15) is 59.8 Å². The highest BCUT2D eigenvalue weighted by Gasteiger charge is 2.04. The Hall–Kier alpha value is -0.920. The Kier molecular flexibility index (Phi) is 8.65. The van der Waals surface area contributed by atoms with Crippen LogP contribution in [0.3, 0.4) is 0 Å². The minimum absolute atomic E-state index is 0.289. The van der Waals surface area contributed by atoms with Gasteiger partial charge in [-0.1, -0.05) is 19.6 Å². The highest BCUT2D eigenvalue weighted by molar-refractivity contribution is 4.76. The third-order valence-corrected chi connectivity index (χ3v) is 2.53. The van der Waals surface area contributed by atoms with Gasteiger partial charge in [-0.15, -0.1) is 0 Å². The van der Waals surface area contributed by atoms with Gasteiger partial charge in [-0.3, -0.25) is 0 Å². The molecule has 2 nitrogen and oxygen atoms in total. The smallest absolute Gasteiger partial charge is 0.0954 e. The van der Waals surface area contributed by atoms with Crippen molar-refractivity contribution in [2.24, 2.45) is 0 Å². The third-order valence-electron chi connectivity index (χ3n) is 2.53. The summed E-state index contributed by atoms with van der Waals surface area (Å²) >= 11 is 0. The molecular weight excluding hydrogens is 212 g/mol. The molecule has 0 aromatic rings. The predicted octanol–water partition coefficient (Wildman–Crippen LogP) is 4.81. The Labute approximate surface area is 107 Å². The molecule has 0 saturated carbocycles. The van der Waals surface area contributed by atoms with Crippen molar-refractivity contribution in [3.8, 4) is 0 Å². The molecule has 0 radical (unpaired) electrons. The lowest BCUT2D eigenvalue weighted by molar-refractivity contribution is 0.117. The van der Waals surface area contributed by atoms with Gasteiger partial charge in [0.2, 0.25) is 0 Å². The summed E-state index contributed by atoms with van der Waals surface area (Å²) in [5.74, 6) is 1.61. The number of allylic oxidation sites excluding steroid dienone is 2. The van der Waals surface area contributed by atoms with E-state index in [0.29, 0.717) is 0 Å². The largest absolute Gasteiger partial charge is 0.496 e. The van der Waals surface area contributed by atoms with E-state index in [0.717, 1.165) is 24.4 Å². The summed E-state index contributed by atoms with van der Waals surface area (Å²) in [6, 6.07) is 0. The predicted molar refractivity (Wildman–Crippen MR) is 73.8 cm³/mol. The van der Waals surface area contributed by atoms with E-state index in [1.807, 2.05) is 13.8 Å². The first kappa shape index (κ1) is 16.1. The Balaban J connectivity index is 3.39. The molecule has 0 aliphatic carbocycles. The van der Waals surface area contributed by atoms with Crippen LogP contribution in [-0.4, -0.2) is 12.2 Å². The normalized spacial score (nSPS) is 13.9. The minimum atomic E-state index is 0.289. The highest BCUT2D eigenvalue weighted by atomic mass is 16.5. The number of ether oxygens (including phenoxy) is 2. The second kappa shape index (κ2) is 9.15. The Morgan fingerprint density at radius 1 is 0.824 bits per heavy atom. The molecule has 0 aliphatic heterocycles. The lowest BCUT2D eigenvalue weighted by Crippen LogP contribution is -2.07. The molecule has 0 bridgehead atoms. The van der Waals surface area contributed by atoms with Crippen LogP contribution < -0.4 is 0 Å². The maximum absolute atomic E-state index is 5.50. The number of unbranched alkanes of at least 4 members (excludes halogenated alkanes) is 2. The van der Waals surface area contributed by atoms with Crippen molar-refractivity contribution < 1.29 is 9.47 Å². The minimum Gasteiger partial charge on any atom is -0.496 e. The summed E-state index contributed by atoms with van der Waals surface area (Å²) in [4.78, 5) is 0. The summed E-state index contributed by atoms with van der Waals surface area (Å²) < 4.78 is 11.0. The van der Waals surface area contributed by atoms with Crippen molar-refractivity contribution in [2.45, 2.75) is 72.0 Å². The van der Waals surface area contributed by atoms with E-state index in [4.69, 9.17) is 9.47 Å². The fraction of sp³-hybridized carbons (Fsp3) is 0.733. The Bertz CT molecular complexity index is 209. The van der Waals surface area contributed by atoms with Crippen LogP contribution in [0.15, 0.2) is 24.7 Å². The summed E-state index contributed by atoms with van der Waals surface area (Å²) in [5, 5.41) is 0. The molecule has 17 heavy (non-hydrogen) atoms. The molecule has 0 amide bonds. The lowest BCUT2D eigenvalue weighted by atomic mass is 10.1. The van der Waals surface area contributed by atoms with Gasteiger partial charge in [0.1, 0.15) is 0 Å². The first-order valence-electron chi connectivity index (χ1n) is 6.56. The van der Waals surface area contributed by atoms with Crippen molar-refractivity contribution in [2.75, 3.05) is 0 Å². The SMILES string of the molecule is C=C(C)OC(C)CCCCCC(C)OC(=C)C. The summed E-state index contributed by atoms with van der Waals surface area (Å²) in [7, 11) is 0. The van der Waals surface area contributed by atoms with Gasteiger partial charge >= 0.3 is 0 Å². The fourth-order valence-corrected chi connectivity index (χ4v) is 1.85. The van der Waals surface area contributed by atoms with Crippen LogP contribution >= 0.6 is 0 Å². The van der Waals surface area contributed by atoms with E-state index in [1.54, 1.807) is 0 Å². The van der Waals surface area contributed by atoms with E-state index in [1.165, 1.54) is 19.3 Å². The van der Waals surface area contributed by atoms with E-state index in [2.05, 4.69) is 27.0 Å². The van der Waals surface area contributed by atoms with Crippen molar-refractivity contribution in [3.05, 3.63) is 24.7 Å². The van der Waals surface area contributed by atoms with Crippen LogP contribution in [0, 0.1) is 0 Å². The van der Waals surface area contributed by atoms with Crippen LogP contribution in [0.4, 0.5) is 0 Å². The average molecular weight is 240 g/mol. The molecule has 100 valence electrons. The highest BCUT2D eigenvalue weighted by Crippen LogP contribution is 2.13. The van der Waals surface area contributed by atoms with E-state index in [-0.39, 0.29) is 12.2 Å². The zero-order valence-corrected chi connectivity index (χ0v) is 11.9. The quantitative estimate of drug-likeness (QED) is 0.403. The van der Waals surface area contributed by atoms with Crippen LogP contribution in [0.5, 0.6) is 0 Å². The summed E-state index contributed by atoms with van der Waals surface area (Å²) in [5.41, 5.74) is 0. The molecular formula is C15H28O2. The van der Waals surface area contributed by atoms with E-state index < -0.39 is 0 Å². The zero-order chi connectivity index (χ0) is 13.3. The molecule has 0 heterocycles. The summed E-state index contributed by atoms with van der Waals surface area (Å²) in [6.07, 6.45) is 6.41. The van der Waals surface area contributed by atoms with Crippen molar-refractivity contribution in [1.29, 1.82) is 0 Å². The Morgan fingerprint density at radius 2 is 1.18 bits per heavy atom. The molecule has 0 rings (SSSR count). The first-order valence-corrected chi connectivity index (χ1v) is 6.56. The van der Waals surface area contributed by atoms with Crippen molar-refractivity contribution in [1.82, 2.24) is 0 Å². The third kappa shape index (κ3) is 11.3. The standard InChI is InChI=1S/C15H28O2/c1-12(2)16-14(5)10-8-7-9-11-15(6)17-13(3)4/h14-15H,1,3,7-11H2,2,4-6H3. The average Bonchev–Trinajstić information content (AvgIpc) is 2.14. The second-order valence-corrected chi connectivity index (χ2v) is 4.90. The van der Waals surface area contributed by atoms with Crippen LogP contribution in [-0.2, 0) is 9.47 Å². The van der Waals surface area contributed by atoms with Gasteiger partial charge in [-0.05, 0) is 53.4 Å². The zero-order valence-electron chi connectivity index (χ0n) is 11.9. The van der Waals surface area contributed by atoms with Crippen molar-refractivity contribution in [3.63, 3.8) is 0 Å². The van der Waals surface area contributed by atoms with Gasteiger partial charge < -0.3 is 9.47 Å². The summed E-state index contributed by atoms with van der Waals surface area (Å²) in [6.45, 7) is 15.5. The van der Waals surface area contributed by atoms with Crippen molar-refractivity contribution >= 4 is 0 Å². The van der Waals surface area contributed by atoms with Gasteiger partial charge in [-0.2, -0.15) is 0 Å². The van der Waals surface area contributed by atoms with Gasteiger partial charge in [0.05, 0.1) is 23.7 Å². The fourth-order valence-electron chi connectivity index (χ4n) is 1.85. The number of rotatable bonds is 10. The first-order chi connectivity index (χ1) is 7.91. The molecule has 0 fully saturated rings. The maximum Gasteiger partial charge on any atom is 0.0954 e. The van der Waals surface area contributed by atoms with Crippen LogP contribution in [0.2, 0.25) is 0 Å².